The molecule has 5 nitrogen and oxygen atoms in total. The minimum atomic E-state index is -1.06. The van der Waals surface area contributed by atoms with Crippen molar-refractivity contribution in [3.05, 3.63) is 35.0 Å². The molecule has 0 aliphatic heterocycles. The summed E-state index contributed by atoms with van der Waals surface area (Å²) in [6, 6.07) is 4.89. The van der Waals surface area contributed by atoms with Crippen LogP contribution in [0.5, 0.6) is 0 Å². The lowest BCUT2D eigenvalue weighted by atomic mass is 10.1. The molecule has 2 N–H and O–H groups in total. The van der Waals surface area contributed by atoms with Gasteiger partial charge in [-0.25, -0.2) is 9.59 Å². The lowest BCUT2D eigenvalue weighted by molar-refractivity contribution is 0.0601. The number of carbonyl (C=O) groups excluding carboxylic acids is 1. The van der Waals surface area contributed by atoms with Crippen LogP contribution >= 0.6 is 0 Å². The number of aryl methyl sites for hydroxylation is 1. The van der Waals surface area contributed by atoms with E-state index in [1.807, 2.05) is 6.92 Å². The smallest absolute Gasteiger partial charge is 0.352 e. The molecule has 17 heavy (non-hydrogen) atoms. The molecule has 0 saturated heterocycles. The Morgan fingerprint density at radius 3 is 2.59 bits per heavy atom. The van der Waals surface area contributed by atoms with Gasteiger partial charge in [0.05, 0.1) is 12.7 Å². The zero-order chi connectivity index (χ0) is 12.6. The van der Waals surface area contributed by atoms with Crippen LogP contribution in [0.1, 0.15) is 26.4 Å². The molecule has 0 unspecified atom stereocenters. The lowest BCUT2D eigenvalue weighted by Crippen LogP contribution is -2.01. The number of nitrogens with one attached hydrogen (secondary N) is 1. The van der Waals surface area contributed by atoms with Crippen LogP contribution in [-0.2, 0) is 4.74 Å². The van der Waals surface area contributed by atoms with E-state index in [4.69, 9.17) is 5.11 Å². The third kappa shape index (κ3) is 1.87. The van der Waals surface area contributed by atoms with Gasteiger partial charge in [0, 0.05) is 10.9 Å². The Morgan fingerprint density at radius 2 is 2.00 bits per heavy atom. The second-order valence-electron chi connectivity index (χ2n) is 3.75. The van der Waals surface area contributed by atoms with E-state index in [-0.39, 0.29) is 5.69 Å². The van der Waals surface area contributed by atoms with E-state index in [9.17, 15) is 9.59 Å². The van der Waals surface area contributed by atoms with Gasteiger partial charge in [-0.3, -0.25) is 0 Å². The first kappa shape index (κ1) is 11.2. The minimum absolute atomic E-state index is 0.0516. The van der Waals surface area contributed by atoms with E-state index in [0.29, 0.717) is 16.5 Å². The molecular formula is C12H11NO4. The minimum Gasteiger partial charge on any atom is -0.477 e. The molecular weight excluding hydrogens is 222 g/mol. The van der Waals surface area contributed by atoms with Crippen molar-refractivity contribution in [1.82, 2.24) is 4.98 Å². The predicted molar refractivity (Wildman–Crippen MR) is 61.3 cm³/mol. The maximum absolute atomic E-state index is 11.6. The van der Waals surface area contributed by atoms with E-state index in [0.717, 1.165) is 5.56 Å². The normalized spacial score (nSPS) is 10.5. The fraction of sp³-hybridized carbons (Fsp3) is 0.167. The van der Waals surface area contributed by atoms with Gasteiger partial charge >= 0.3 is 11.9 Å². The fourth-order valence-corrected chi connectivity index (χ4v) is 1.78. The summed E-state index contributed by atoms with van der Waals surface area (Å²) in [6.07, 6.45) is 0. The molecule has 88 valence electrons. The van der Waals surface area contributed by atoms with Gasteiger partial charge in [-0.2, -0.15) is 0 Å². The first-order valence-electron chi connectivity index (χ1n) is 4.98. The molecule has 0 spiro atoms. The van der Waals surface area contributed by atoms with Gasteiger partial charge < -0.3 is 14.8 Å². The summed E-state index contributed by atoms with van der Waals surface area (Å²) in [7, 11) is 1.29. The number of hydrogen-bond acceptors (Lipinski definition) is 3. The number of fused-ring (bicyclic) bond motifs is 1. The molecule has 0 atom stereocenters. The topological polar surface area (TPSA) is 79.4 Å². The molecule has 2 rings (SSSR count). The lowest BCUT2D eigenvalue weighted by Gasteiger charge is -2.02. The number of ether oxygens (including phenoxy) is 1. The molecule has 0 fully saturated rings. The Hall–Kier alpha value is -2.30. The van der Waals surface area contributed by atoms with Gasteiger partial charge in [-0.05, 0) is 30.7 Å². The molecule has 1 aromatic heterocycles. The molecule has 1 aromatic carbocycles. The largest absolute Gasteiger partial charge is 0.477 e. The highest BCUT2D eigenvalue weighted by Crippen LogP contribution is 2.22. The summed E-state index contributed by atoms with van der Waals surface area (Å²) in [4.78, 5) is 25.2. The predicted octanol–water partition coefficient (Wildman–Crippen LogP) is 1.96. The second-order valence-corrected chi connectivity index (χ2v) is 3.75. The molecule has 5 heteroatoms. The Morgan fingerprint density at radius 1 is 1.29 bits per heavy atom. The highest BCUT2D eigenvalue weighted by molar-refractivity contribution is 6.06. The van der Waals surface area contributed by atoms with Crippen molar-refractivity contribution in [2.75, 3.05) is 7.11 Å². The average Bonchev–Trinajstić information content (AvgIpc) is 2.70. The third-order valence-corrected chi connectivity index (χ3v) is 2.52. The molecule has 0 saturated carbocycles. The number of aromatic amines is 1. The number of carboxylic acids is 1. The second kappa shape index (κ2) is 3.93. The van der Waals surface area contributed by atoms with Crippen molar-refractivity contribution in [3.63, 3.8) is 0 Å². The van der Waals surface area contributed by atoms with Gasteiger partial charge in [0.2, 0.25) is 0 Å². The molecule has 0 amide bonds. The van der Waals surface area contributed by atoms with Crippen LogP contribution in [0.15, 0.2) is 18.2 Å². The van der Waals surface area contributed by atoms with Gasteiger partial charge in [-0.15, -0.1) is 0 Å². The van der Waals surface area contributed by atoms with Crippen LogP contribution in [-0.4, -0.2) is 29.1 Å². The number of esters is 1. The summed E-state index contributed by atoms with van der Waals surface area (Å²) in [5.41, 5.74) is 1.89. The van der Waals surface area contributed by atoms with Gasteiger partial charge in [-0.1, -0.05) is 0 Å². The van der Waals surface area contributed by atoms with E-state index >= 15 is 0 Å². The van der Waals surface area contributed by atoms with Crippen LogP contribution in [0.2, 0.25) is 0 Å². The van der Waals surface area contributed by atoms with Crippen LogP contribution in [0.4, 0.5) is 0 Å². The number of carbonyl (C=O) groups is 2. The number of aromatic carboxylic acids is 1. The summed E-state index contributed by atoms with van der Waals surface area (Å²) < 4.78 is 4.67. The van der Waals surface area contributed by atoms with E-state index in [1.165, 1.54) is 13.2 Å². The number of carboxylic acid groups (broad SMARTS) is 1. The Labute approximate surface area is 97.0 Å². The molecule has 0 bridgehead atoms. The van der Waals surface area contributed by atoms with Crippen molar-refractivity contribution in [1.29, 1.82) is 0 Å². The summed E-state index contributed by atoms with van der Waals surface area (Å²) >= 11 is 0. The van der Waals surface area contributed by atoms with E-state index in [2.05, 4.69) is 9.72 Å². The maximum atomic E-state index is 11.6. The summed E-state index contributed by atoms with van der Waals surface area (Å²) in [5, 5.41) is 9.45. The Balaban J connectivity index is 2.74. The SMILES string of the molecule is COC(=O)c1cc(C)cc2[nH]c(C(=O)O)cc12. The van der Waals surface area contributed by atoms with E-state index < -0.39 is 11.9 Å². The van der Waals surface area contributed by atoms with Crippen LogP contribution in [0, 0.1) is 6.92 Å². The highest BCUT2D eigenvalue weighted by atomic mass is 16.5. The standard InChI is InChI=1S/C12H11NO4/c1-6-3-8(12(16)17-2)7-5-10(11(14)15)13-9(7)4-6/h3-5,13H,1-2H3,(H,14,15). The average molecular weight is 233 g/mol. The van der Waals surface area contributed by atoms with Gasteiger partial charge in [0.15, 0.2) is 0 Å². The van der Waals surface area contributed by atoms with Crippen molar-refractivity contribution < 1.29 is 19.4 Å². The van der Waals surface area contributed by atoms with Crippen molar-refractivity contribution in [2.24, 2.45) is 0 Å². The highest BCUT2D eigenvalue weighted by Gasteiger charge is 2.15. The zero-order valence-electron chi connectivity index (χ0n) is 9.40. The number of H-pyrrole nitrogens is 1. The van der Waals surface area contributed by atoms with Crippen molar-refractivity contribution >= 4 is 22.8 Å². The van der Waals surface area contributed by atoms with Crippen LogP contribution in [0.25, 0.3) is 10.9 Å². The van der Waals surface area contributed by atoms with Crippen LogP contribution in [0.3, 0.4) is 0 Å². The third-order valence-electron chi connectivity index (χ3n) is 2.52. The Bertz CT molecular complexity index is 612. The maximum Gasteiger partial charge on any atom is 0.352 e. The number of hydrogen-bond donors (Lipinski definition) is 2. The molecule has 0 radical (unpaired) electrons. The van der Waals surface area contributed by atoms with Crippen molar-refractivity contribution in [2.45, 2.75) is 6.92 Å². The van der Waals surface area contributed by atoms with Crippen LogP contribution < -0.4 is 0 Å². The molecule has 1 heterocycles. The number of rotatable bonds is 2. The van der Waals surface area contributed by atoms with Gasteiger partial charge in [0.25, 0.3) is 0 Å². The number of benzene rings is 1. The first-order valence-corrected chi connectivity index (χ1v) is 4.98. The molecule has 0 aliphatic carbocycles. The quantitative estimate of drug-likeness (QED) is 0.777. The number of aromatic nitrogens is 1. The first-order chi connectivity index (χ1) is 8.02. The zero-order valence-corrected chi connectivity index (χ0v) is 9.40. The monoisotopic (exact) mass is 233 g/mol. The van der Waals surface area contributed by atoms with E-state index in [1.54, 1.807) is 12.1 Å². The summed E-state index contributed by atoms with van der Waals surface area (Å²) in [5.74, 6) is -1.54. The van der Waals surface area contributed by atoms with Gasteiger partial charge in [0.1, 0.15) is 5.69 Å². The summed E-state index contributed by atoms with van der Waals surface area (Å²) in [6.45, 7) is 1.83. The Kier molecular flexibility index (Phi) is 2.59. The molecule has 2 aromatic rings. The van der Waals surface area contributed by atoms with Crippen molar-refractivity contribution in [3.8, 4) is 0 Å². The fourth-order valence-electron chi connectivity index (χ4n) is 1.78. The number of methoxy groups -OCH3 is 1. The molecule has 0 aliphatic rings.